The summed E-state index contributed by atoms with van der Waals surface area (Å²) in [7, 11) is 0. The van der Waals surface area contributed by atoms with Gasteiger partial charge in [-0.25, -0.2) is 4.98 Å². The van der Waals surface area contributed by atoms with E-state index in [4.69, 9.17) is 9.72 Å². The van der Waals surface area contributed by atoms with Crippen LogP contribution in [0.5, 0.6) is 0 Å². The first-order valence-electron chi connectivity index (χ1n) is 5.82. The van der Waals surface area contributed by atoms with Crippen molar-refractivity contribution in [1.82, 2.24) is 10.3 Å². The van der Waals surface area contributed by atoms with E-state index in [0.717, 1.165) is 26.2 Å². The van der Waals surface area contributed by atoms with Gasteiger partial charge >= 0.3 is 0 Å². The first-order chi connectivity index (χ1) is 7.55. The van der Waals surface area contributed by atoms with E-state index in [1.54, 1.807) is 11.3 Å². The lowest BCUT2D eigenvalue weighted by molar-refractivity contribution is 0.0767. The third-order valence-electron chi connectivity index (χ3n) is 2.65. The van der Waals surface area contributed by atoms with Crippen LogP contribution in [0.15, 0.2) is 5.38 Å². The number of hydrogen-bond donors (Lipinski definition) is 1. The molecule has 0 aromatic carbocycles. The molecule has 2 heterocycles. The smallest absolute Gasteiger partial charge is 0.0981 e. The van der Waals surface area contributed by atoms with Gasteiger partial charge in [0.2, 0.25) is 0 Å². The fourth-order valence-electron chi connectivity index (χ4n) is 1.75. The zero-order chi connectivity index (χ0) is 11.6. The molecule has 16 heavy (non-hydrogen) atoms. The second kappa shape index (κ2) is 4.82. The molecule has 0 bridgehead atoms. The van der Waals surface area contributed by atoms with E-state index in [2.05, 4.69) is 31.5 Å². The molecular weight excluding hydrogens is 220 g/mol. The van der Waals surface area contributed by atoms with Crippen LogP contribution in [-0.4, -0.2) is 30.8 Å². The van der Waals surface area contributed by atoms with Crippen molar-refractivity contribution in [1.29, 1.82) is 0 Å². The lowest BCUT2D eigenvalue weighted by atomic mass is 9.98. The van der Waals surface area contributed by atoms with Crippen molar-refractivity contribution < 1.29 is 4.74 Å². The Morgan fingerprint density at radius 1 is 1.56 bits per heavy atom. The summed E-state index contributed by atoms with van der Waals surface area (Å²) in [6.45, 7) is 9.22. The third-order valence-corrected chi connectivity index (χ3v) is 3.96. The average Bonchev–Trinajstić information content (AvgIpc) is 2.67. The Kier molecular flexibility index (Phi) is 3.62. The van der Waals surface area contributed by atoms with Gasteiger partial charge in [-0.05, 0) is 0 Å². The summed E-state index contributed by atoms with van der Waals surface area (Å²) in [4.78, 5) is 4.70. The molecular formula is C12H20N2OS. The third kappa shape index (κ3) is 3.03. The minimum absolute atomic E-state index is 0.166. The van der Waals surface area contributed by atoms with Gasteiger partial charge in [0.25, 0.3) is 0 Å². The Balaban J connectivity index is 1.97. The van der Waals surface area contributed by atoms with Gasteiger partial charge in [0, 0.05) is 29.8 Å². The zero-order valence-electron chi connectivity index (χ0n) is 10.2. The Morgan fingerprint density at radius 2 is 2.38 bits per heavy atom. The van der Waals surface area contributed by atoms with Crippen LogP contribution in [0.25, 0.3) is 0 Å². The van der Waals surface area contributed by atoms with Crippen molar-refractivity contribution in [3.05, 3.63) is 16.1 Å². The normalized spacial score (nSPS) is 22.3. The highest BCUT2D eigenvalue weighted by Gasteiger charge is 2.20. The largest absolute Gasteiger partial charge is 0.379 e. The van der Waals surface area contributed by atoms with E-state index < -0.39 is 0 Å². The Morgan fingerprint density at radius 3 is 2.94 bits per heavy atom. The van der Waals surface area contributed by atoms with Crippen LogP contribution in [-0.2, 0) is 16.6 Å². The van der Waals surface area contributed by atoms with E-state index in [1.807, 2.05) is 0 Å². The molecule has 1 N–H and O–H groups in total. The molecule has 0 radical (unpaired) electrons. The second-order valence-corrected chi connectivity index (χ2v) is 6.18. The highest BCUT2D eigenvalue weighted by atomic mass is 32.1. The average molecular weight is 240 g/mol. The van der Waals surface area contributed by atoms with Crippen molar-refractivity contribution >= 4 is 11.3 Å². The maximum atomic E-state index is 5.44. The maximum absolute atomic E-state index is 5.44. The van der Waals surface area contributed by atoms with E-state index in [-0.39, 0.29) is 5.41 Å². The summed E-state index contributed by atoms with van der Waals surface area (Å²) >= 11 is 1.77. The first kappa shape index (κ1) is 12.0. The molecule has 1 aromatic rings. The monoisotopic (exact) mass is 240 g/mol. The van der Waals surface area contributed by atoms with Crippen molar-refractivity contribution in [2.75, 3.05) is 19.8 Å². The quantitative estimate of drug-likeness (QED) is 0.858. The number of morpholine rings is 1. The predicted octanol–water partition coefficient (Wildman–Crippen LogP) is 1.97. The lowest BCUT2D eigenvalue weighted by Crippen LogP contribution is -2.42. The minimum Gasteiger partial charge on any atom is -0.379 e. The van der Waals surface area contributed by atoms with Gasteiger partial charge in [-0.1, -0.05) is 20.8 Å². The van der Waals surface area contributed by atoms with Crippen LogP contribution in [0.1, 0.15) is 31.5 Å². The SMILES string of the molecule is CC(C)(C)c1nc(CC2COCCN2)cs1. The molecule has 1 unspecified atom stereocenters. The van der Waals surface area contributed by atoms with Crippen LogP contribution < -0.4 is 5.32 Å². The molecule has 1 fully saturated rings. The summed E-state index contributed by atoms with van der Waals surface area (Å²) in [5.41, 5.74) is 1.36. The van der Waals surface area contributed by atoms with Crippen LogP contribution in [0.2, 0.25) is 0 Å². The predicted molar refractivity (Wildman–Crippen MR) is 67.1 cm³/mol. The topological polar surface area (TPSA) is 34.1 Å². The van der Waals surface area contributed by atoms with E-state index in [0.29, 0.717) is 6.04 Å². The van der Waals surface area contributed by atoms with Gasteiger partial charge in [0.1, 0.15) is 0 Å². The number of rotatable bonds is 2. The Hall–Kier alpha value is -0.450. The van der Waals surface area contributed by atoms with Crippen LogP contribution in [0.3, 0.4) is 0 Å². The number of aromatic nitrogens is 1. The summed E-state index contributed by atoms with van der Waals surface area (Å²) < 4.78 is 5.44. The van der Waals surface area contributed by atoms with E-state index in [1.165, 1.54) is 10.7 Å². The molecule has 0 saturated carbocycles. The fourth-order valence-corrected chi connectivity index (χ4v) is 2.67. The van der Waals surface area contributed by atoms with Crippen molar-refractivity contribution in [2.45, 2.75) is 38.6 Å². The van der Waals surface area contributed by atoms with Crippen molar-refractivity contribution in [3.63, 3.8) is 0 Å². The molecule has 1 aromatic heterocycles. The van der Waals surface area contributed by atoms with Crippen LogP contribution >= 0.6 is 11.3 Å². The van der Waals surface area contributed by atoms with Gasteiger partial charge in [-0.15, -0.1) is 11.3 Å². The fraction of sp³-hybridized carbons (Fsp3) is 0.750. The molecule has 0 spiro atoms. The number of nitrogens with one attached hydrogen (secondary N) is 1. The van der Waals surface area contributed by atoms with Gasteiger partial charge in [0.15, 0.2) is 0 Å². The van der Waals surface area contributed by atoms with Crippen LogP contribution in [0.4, 0.5) is 0 Å². The van der Waals surface area contributed by atoms with Gasteiger partial charge < -0.3 is 10.1 Å². The molecule has 4 heteroatoms. The molecule has 90 valence electrons. The van der Waals surface area contributed by atoms with E-state index >= 15 is 0 Å². The van der Waals surface area contributed by atoms with Crippen LogP contribution in [0, 0.1) is 0 Å². The Labute approximate surface area is 101 Å². The highest BCUT2D eigenvalue weighted by molar-refractivity contribution is 7.09. The molecule has 1 saturated heterocycles. The lowest BCUT2D eigenvalue weighted by Gasteiger charge is -2.23. The van der Waals surface area contributed by atoms with Crippen molar-refractivity contribution in [3.8, 4) is 0 Å². The second-order valence-electron chi connectivity index (χ2n) is 5.32. The molecule has 3 nitrogen and oxygen atoms in total. The highest BCUT2D eigenvalue weighted by Crippen LogP contribution is 2.25. The summed E-state index contributed by atoms with van der Waals surface area (Å²) in [5.74, 6) is 0. The van der Waals surface area contributed by atoms with Crippen molar-refractivity contribution in [2.24, 2.45) is 0 Å². The number of nitrogens with zero attached hydrogens (tertiary/aromatic N) is 1. The minimum atomic E-state index is 0.166. The summed E-state index contributed by atoms with van der Waals surface area (Å²) in [5, 5.41) is 6.85. The van der Waals surface area contributed by atoms with Gasteiger partial charge in [-0.3, -0.25) is 0 Å². The molecule has 0 aliphatic carbocycles. The molecule has 0 amide bonds. The van der Waals surface area contributed by atoms with E-state index in [9.17, 15) is 0 Å². The first-order valence-corrected chi connectivity index (χ1v) is 6.69. The van der Waals surface area contributed by atoms with Gasteiger partial charge in [0.05, 0.1) is 23.9 Å². The zero-order valence-corrected chi connectivity index (χ0v) is 11.1. The number of thiazole rings is 1. The van der Waals surface area contributed by atoms with Gasteiger partial charge in [-0.2, -0.15) is 0 Å². The number of hydrogen-bond acceptors (Lipinski definition) is 4. The summed E-state index contributed by atoms with van der Waals surface area (Å²) in [6, 6.07) is 0.434. The maximum Gasteiger partial charge on any atom is 0.0981 e. The summed E-state index contributed by atoms with van der Waals surface area (Å²) in [6.07, 6.45) is 0.979. The Bertz CT molecular complexity index is 337. The molecule has 1 atom stereocenters. The number of ether oxygens (including phenoxy) is 1. The standard InChI is InChI=1S/C12H20N2OS/c1-12(2,3)11-14-10(8-16-11)6-9-7-15-5-4-13-9/h8-9,13H,4-7H2,1-3H3. The molecule has 1 aliphatic heterocycles. The molecule has 2 rings (SSSR count). The molecule has 1 aliphatic rings.